The number of aryl methyl sites for hydroxylation is 2. The molecular formula is C15H15NO2S. The van der Waals surface area contributed by atoms with Crippen molar-refractivity contribution in [2.24, 2.45) is 0 Å². The van der Waals surface area contributed by atoms with E-state index in [9.17, 15) is 4.79 Å². The topological polar surface area (TPSA) is 50.2 Å². The first kappa shape index (κ1) is 13.6. The smallest absolute Gasteiger partial charge is 0.338 e. The fraction of sp³-hybridized carbons (Fsp3) is 0.200. The first-order valence-corrected chi connectivity index (χ1v) is 7.11. The summed E-state index contributed by atoms with van der Waals surface area (Å²) in [6, 6.07) is 9.57. The van der Waals surface area contributed by atoms with Crippen molar-refractivity contribution in [1.29, 1.82) is 0 Å². The third-order valence-corrected chi connectivity index (χ3v) is 3.65. The van der Waals surface area contributed by atoms with E-state index in [1.54, 1.807) is 12.1 Å². The first-order valence-electron chi connectivity index (χ1n) is 5.89. The van der Waals surface area contributed by atoms with Gasteiger partial charge < -0.3 is 5.11 Å². The van der Waals surface area contributed by atoms with Crippen LogP contribution in [0.1, 0.15) is 21.5 Å². The number of rotatable bonds is 3. The van der Waals surface area contributed by atoms with Crippen molar-refractivity contribution < 1.29 is 9.90 Å². The van der Waals surface area contributed by atoms with Crippen LogP contribution in [0, 0.1) is 13.8 Å². The normalized spacial score (nSPS) is 10.5. The van der Waals surface area contributed by atoms with E-state index < -0.39 is 5.97 Å². The van der Waals surface area contributed by atoms with Gasteiger partial charge >= 0.3 is 5.97 Å². The number of carboxylic acids is 1. The van der Waals surface area contributed by atoms with Gasteiger partial charge in [0.1, 0.15) is 5.03 Å². The van der Waals surface area contributed by atoms with Crippen molar-refractivity contribution in [2.45, 2.75) is 18.9 Å². The van der Waals surface area contributed by atoms with Gasteiger partial charge in [-0.1, -0.05) is 17.7 Å². The van der Waals surface area contributed by atoms with Gasteiger partial charge in [-0.2, -0.15) is 0 Å². The molecule has 0 atom stereocenters. The summed E-state index contributed by atoms with van der Waals surface area (Å²) in [5, 5.41) is 9.65. The summed E-state index contributed by atoms with van der Waals surface area (Å²) in [5.41, 5.74) is 4.41. The minimum absolute atomic E-state index is 0.251. The van der Waals surface area contributed by atoms with E-state index in [0.29, 0.717) is 5.03 Å². The lowest BCUT2D eigenvalue weighted by Gasteiger charge is -2.09. The van der Waals surface area contributed by atoms with Crippen LogP contribution in [0.25, 0.3) is 11.3 Å². The summed E-state index contributed by atoms with van der Waals surface area (Å²) in [6.45, 7) is 4.06. The maximum atomic E-state index is 11.1. The Morgan fingerprint density at radius 2 is 1.95 bits per heavy atom. The van der Waals surface area contributed by atoms with Crippen LogP contribution in [0.4, 0.5) is 0 Å². The Hall–Kier alpha value is -1.81. The van der Waals surface area contributed by atoms with Gasteiger partial charge in [-0.15, -0.1) is 11.8 Å². The molecule has 1 aromatic carbocycles. The molecule has 4 heteroatoms. The molecule has 0 bridgehead atoms. The Balaban J connectivity index is 2.57. The lowest BCUT2D eigenvalue weighted by molar-refractivity contribution is 0.0692. The highest BCUT2D eigenvalue weighted by atomic mass is 32.2. The maximum Gasteiger partial charge on any atom is 0.338 e. The number of hydrogen-bond acceptors (Lipinski definition) is 3. The molecule has 0 radical (unpaired) electrons. The molecule has 19 heavy (non-hydrogen) atoms. The second-order valence-corrected chi connectivity index (χ2v) is 5.17. The highest BCUT2D eigenvalue weighted by molar-refractivity contribution is 7.98. The molecule has 1 aromatic heterocycles. The fourth-order valence-electron chi connectivity index (χ4n) is 1.92. The molecule has 0 aliphatic rings. The summed E-state index contributed by atoms with van der Waals surface area (Å²) >= 11 is 1.35. The molecule has 2 rings (SSSR count). The lowest BCUT2D eigenvalue weighted by atomic mass is 10.0. The molecule has 2 aromatic rings. The number of benzene rings is 1. The van der Waals surface area contributed by atoms with Crippen LogP contribution in [0.15, 0.2) is 35.4 Å². The van der Waals surface area contributed by atoms with Crippen LogP contribution in [0.5, 0.6) is 0 Å². The van der Waals surface area contributed by atoms with Crippen LogP contribution >= 0.6 is 11.8 Å². The third kappa shape index (κ3) is 2.79. The van der Waals surface area contributed by atoms with Gasteiger partial charge in [0, 0.05) is 5.56 Å². The third-order valence-electron chi connectivity index (χ3n) is 2.95. The van der Waals surface area contributed by atoms with E-state index in [1.165, 1.54) is 11.8 Å². The Morgan fingerprint density at radius 3 is 2.58 bits per heavy atom. The van der Waals surface area contributed by atoms with E-state index in [0.717, 1.165) is 22.4 Å². The zero-order valence-electron chi connectivity index (χ0n) is 11.1. The molecule has 0 fully saturated rings. The Morgan fingerprint density at radius 1 is 1.21 bits per heavy atom. The zero-order valence-corrected chi connectivity index (χ0v) is 11.9. The summed E-state index contributed by atoms with van der Waals surface area (Å²) in [6.07, 6.45) is 1.83. The maximum absolute atomic E-state index is 11.1. The number of pyridine rings is 1. The summed E-state index contributed by atoms with van der Waals surface area (Å²) in [5.74, 6) is -0.940. The Kier molecular flexibility index (Phi) is 3.90. The molecule has 3 nitrogen and oxygen atoms in total. The minimum Gasteiger partial charge on any atom is -0.478 e. The molecule has 0 amide bonds. The van der Waals surface area contributed by atoms with Crippen molar-refractivity contribution >= 4 is 17.7 Å². The van der Waals surface area contributed by atoms with E-state index in [-0.39, 0.29) is 5.56 Å². The average Bonchev–Trinajstić information content (AvgIpc) is 2.40. The van der Waals surface area contributed by atoms with E-state index in [1.807, 2.05) is 20.1 Å². The van der Waals surface area contributed by atoms with Crippen LogP contribution in [0.3, 0.4) is 0 Å². The Labute approximate surface area is 116 Å². The van der Waals surface area contributed by atoms with Crippen molar-refractivity contribution in [1.82, 2.24) is 4.98 Å². The van der Waals surface area contributed by atoms with Crippen LogP contribution in [-0.4, -0.2) is 22.3 Å². The molecular weight excluding hydrogens is 258 g/mol. The van der Waals surface area contributed by atoms with Crippen LogP contribution in [-0.2, 0) is 0 Å². The minimum atomic E-state index is -0.940. The molecule has 0 spiro atoms. The van der Waals surface area contributed by atoms with Gasteiger partial charge in [-0.3, -0.25) is 0 Å². The van der Waals surface area contributed by atoms with Gasteiger partial charge in [0.25, 0.3) is 0 Å². The number of nitrogens with zero attached hydrogens (tertiary/aromatic N) is 1. The number of aromatic carboxylic acids is 1. The monoisotopic (exact) mass is 273 g/mol. The van der Waals surface area contributed by atoms with Crippen molar-refractivity contribution in [3.05, 3.63) is 47.0 Å². The summed E-state index contributed by atoms with van der Waals surface area (Å²) in [7, 11) is 0. The molecule has 0 saturated carbocycles. The second-order valence-electron chi connectivity index (χ2n) is 4.38. The summed E-state index contributed by atoms with van der Waals surface area (Å²) in [4.78, 5) is 15.6. The predicted molar refractivity (Wildman–Crippen MR) is 77.9 cm³/mol. The van der Waals surface area contributed by atoms with Gasteiger partial charge in [0.05, 0.1) is 11.3 Å². The van der Waals surface area contributed by atoms with Crippen molar-refractivity contribution in [3.8, 4) is 11.3 Å². The van der Waals surface area contributed by atoms with Gasteiger partial charge in [0.15, 0.2) is 0 Å². The fourth-order valence-corrected chi connectivity index (χ4v) is 2.49. The van der Waals surface area contributed by atoms with E-state index in [2.05, 4.69) is 23.2 Å². The molecule has 1 N–H and O–H groups in total. The second kappa shape index (κ2) is 5.45. The van der Waals surface area contributed by atoms with Crippen LogP contribution in [0.2, 0.25) is 0 Å². The molecule has 1 heterocycles. The summed E-state index contributed by atoms with van der Waals surface area (Å²) < 4.78 is 0. The quantitative estimate of drug-likeness (QED) is 0.864. The van der Waals surface area contributed by atoms with Crippen molar-refractivity contribution in [3.63, 3.8) is 0 Å². The zero-order chi connectivity index (χ0) is 14.0. The molecule has 0 aliphatic heterocycles. The number of thioether (sulfide) groups is 1. The average molecular weight is 273 g/mol. The molecule has 0 unspecified atom stereocenters. The van der Waals surface area contributed by atoms with Gasteiger partial charge in [-0.05, 0) is 43.9 Å². The largest absolute Gasteiger partial charge is 0.478 e. The number of carboxylic acid groups (broad SMARTS) is 1. The number of aromatic nitrogens is 1. The lowest BCUT2D eigenvalue weighted by Crippen LogP contribution is -2.01. The van der Waals surface area contributed by atoms with Crippen LogP contribution < -0.4 is 0 Å². The van der Waals surface area contributed by atoms with E-state index in [4.69, 9.17) is 5.11 Å². The number of carbonyl (C=O) groups is 1. The predicted octanol–water partition coefficient (Wildman–Crippen LogP) is 3.79. The van der Waals surface area contributed by atoms with E-state index >= 15 is 0 Å². The molecule has 0 saturated heterocycles. The first-order chi connectivity index (χ1) is 9.02. The Bertz CT molecular complexity index is 638. The number of hydrogen-bond donors (Lipinski definition) is 1. The van der Waals surface area contributed by atoms with Crippen molar-refractivity contribution in [2.75, 3.05) is 6.26 Å². The SMILES string of the molecule is CSc1nc(-c2cc(C)ccc2C)ccc1C(=O)O. The van der Waals surface area contributed by atoms with Gasteiger partial charge in [0.2, 0.25) is 0 Å². The van der Waals surface area contributed by atoms with Gasteiger partial charge in [-0.25, -0.2) is 9.78 Å². The standard InChI is InChI=1S/C15H15NO2S/c1-9-4-5-10(2)12(8-9)13-7-6-11(15(17)18)14(16-13)19-3/h4-8H,1-3H3,(H,17,18). The highest BCUT2D eigenvalue weighted by Crippen LogP contribution is 2.27. The highest BCUT2D eigenvalue weighted by Gasteiger charge is 2.13. The molecule has 98 valence electrons. The molecule has 0 aliphatic carbocycles.